The van der Waals surface area contributed by atoms with E-state index in [9.17, 15) is 9.18 Å². The molecule has 2 aromatic carbocycles. The molecule has 0 atom stereocenters. The molecule has 3 rings (SSSR count). The van der Waals surface area contributed by atoms with Crippen molar-refractivity contribution in [2.75, 3.05) is 6.54 Å². The minimum Gasteiger partial charge on any atom is -0.338 e. The topological polar surface area (TPSA) is 59.0 Å². The third-order valence-corrected chi connectivity index (χ3v) is 4.09. The van der Waals surface area contributed by atoms with E-state index in [0.29, 0.717) is 12.1 Å². The number of para-hydroxylation sites is 2. The van der Waals surface area contributed by atoms with E-state index in [1.165, 1.54) is 6.07 Å². The summed E-state index contributed by atoms with van der Waals surface area (Å²) in [5, 5.41) is 5.46. The van der Waals surface area contributed by atoms with Gasteiger partial charge in [0.15, 0.2) is 0 Å². The number of benzene rings is 2. The number of carbonyl (C=O) groups excluding carboxylic acids is 1. The molecule has 0 bridgehead atoms. The molecule has 0 fully saturated rings. The van der Waals surface area contributed by atoms with Gasteiger partial charge in [0, 0.05) is 25.2 Å². The molecule has 1 heterocycles. The van der Waals surface area contributed by atoms with E-state index in [1.54, 1.807) is 18.2 Å². The van der Waals surface area contributed by atoms with Crippen molar-refractivity contribution in [3.8, 4) is 0 Å². The molecular formula is C19H21FN4O. The molecule has 1 aromatic heterocycles. The fourth-order valence-electron chi connectivity index (χ4n) is 2.80. The quantitative estimate of drug-likeness (QED) is 0.676. The molecule has 0 aliphatic carbocycles. The van der Waals surface area contributed by atoms with Crippen LogP contribution in [-0.4, -0.2) is 22.1 Å². The van der Waals surface area contributed by atoms with Crippen LogP contribution in [0.15, 0.2) is 48.5 Å². The van der Waals surface area contributed by atoms with Crippen molar-refractivity contribution < 1.29 is 9.18 Å². The van der Waals surface area contributed by atoms with E-state index in [0.717, 1.165) is 29.8 Å². The number of nitrogens with zero attached hydrogens (tertiary/aromatic N) is 2. The second-order valence-corrected chi connectivity index (χ2v) is 5.85. The normalized spacial score (nSPS) is 10.8. The van der Waals surface area contributed by atoms with Crippen molar-refractivity contribution in [3.05, 3.63) is 65.7 Å². The molecule has 0 saturated heterocycles. The summed E-state index contributed by atoms with van der Waals surface area (Å²) >= 11 is 0. The number of rotatable bonds is 6. The van der Waals surface area contributed by atoms with E-state index in [-0.39, 0.29) is 18.4 Å². The van der Waals surface area contributed by atoms with Gasteiger partial charge in [0.1, 0.15) is 11.6 Å². The van der Waals surface area contributed by atoms with Gasteiger partial charge in [-0.05, 0) is 31.5 Å². The van der Waals surface area contributed by atoms with Gasteiger partial charge < -0.3 is 15.2 Å². The smallest absolute Gasteiger partial charge is 0.315 e. The third-order valence-electron chi connectivity index (χ3n) is 4.09. The number of amides is 2. The maximum absolute atomic E-state index is 13.5. The van der Waals surface area contributed by atoms with Crippen LogP contribution >= 0.6 is 0 Å². The van der Waals surface area contributed by atoms with Crippen molar-refractivity contribution in [1.29, 1.82) is 0 Å². The molecule has 2 amide bonds. The van der Waals surface area contributed by atoms with Crippen LogP contribution in [0.3, 0.4) is 0 Å². The van der Waals surface area contributed by atoms with Gasteiger partial charge >= 0.3 is 6.03 Å². The summed E-state index contributed by atoms with van der Waals surface area (Å²) in [7, 11) is 0. The Labute approximate surface area is 145 Å². The number of carbonyl (C=O) groups is 1. The monoisotopic (exact) mass is 340 g/mol. The van der Waals surface area contributed by atoms with Gasteiger partial charge in [-0.3, -0.25) is 0 Å². The first-order valence-electron chi connectivity index (χ1n) is 8.32. The van der Waals surface area contributed by atoms with Crippen LogP contribution in [0, 0.1) is 12.7 Å². The highest BCUT2D eigenvalue weighted by atomic mass is 19.1. The lowest BCUT2D eigenvalue weighted by atomic mass is 10.2. The number of hydrogen-bond acceptors (Lipinski definition) is 2. The zero-order valence-corrected chi connectivity index (χ0v) is 14.1. The number of halogens is 1. The minimum atomic E-state index is -0.315. The predicted molar refractivity (Wildman–Crippen MR) is 95.7 cm³/mol. The predicted octanol–water partition coefficient (Wildman–Crippen LogP) is 3.37. The number of imidazole rings is 1. The number of aromatic nitrogens is 2. The molecule has 0 unspecified atom stereocenters. The van der Waals surface area contributed by atoms with Crippen molar-refractivity contribution in [3.63, 3.8) is 0 Å². The van der Waals surface area contributed by atoms with Gasteiger partial charge in [-0.15, -0.1) is 0 Å². The minimum absolute atomic E-state index is 0.170. The molecule has 0 spiro atoms. The van der Waals surface area contributed by atoms with Gasteiger partial charge in [0.05, 0.1) is 11.0 Å². The summed E-state index contributed by atoms with van der Waals surface area (Å²) in [4.78, 5) is 16.3. The van der Waals surface area contributed by atoms with Gasteiger partial charge in [0.25, 0.3) is 0 Å². The summed E-state index contributed by atoms with van der Waals surface area (Å²) < 4.78 is 15.6. The Balaban J connectivity index is 1.44. The highest BCUT2D eigenvalue weighted by Gasteiger charge is 2.07. The summed E-state index contributed by atoms with van der Waals surface area (Å²) in [5.74, 6) is 0.649. The van der Waals surface area contributed by atoms with Crippen molar-refractivity contribution in [1.82, 2.24) is 20.2 Å². The number of urea groups is 1. The highest BCUT2D eigenvalue weighted by Crippen LogP contribution is 2.15. The van der Waals surface area contributed by atoms with Crippen molar-refractivity contribution >= 4 is 17.1 Å². The van der Waals surface area contributed by atoms with Crippen LogP contribution in [-0.2, 0) is 13.1 Å². The lowest BCUT2D eigenvalue weighted by molar-refractivity contribution is 0.240. The SMILES string of the molecule is Cc1nc2ccccc2n1CCCNC(=O)NCc1ccccc1F. The summed E-state index contributed by atoms with van der Waals surface area (Å²) in [6, 6.07) is 14.1. The fourth-order valence-corrected chi connectivity index (χ4v) is 2.80. The van der Waals surface area contributed by atoms with Crippen LogP contribution in [0.5, 0.6) is 0 Å². The maximum Gasteiger partial charge on any atom is 0.315 e. The van der Waals surface area contributed by atoms with Gasteiger partial charge in [-0.25, -0.2) is 14.2 Å². The van der Waals surface area contributed by atoms with E-state index in [1.807, 2.05) is 31.2 Å². The summed E-state index contributed by atoms with van der Waals surface area (Å²) in [6.45, 7) is 3.47. The van der Waals surface area contributed by atoms with E-state index in [2.05, 4.69) is 20.2 Å². The zero-order valence-electron chi connectivity index (χ0n) is 14.1. The lowest BCUT2D eigenvalue weighted by Crippen LogP contribution is -2.36. The Hall–Kier alpha value is -2.89. The first kappa shape index (κ1) is 17.0. The Bertz CT molecular complexity index is 875. The molecule has 0 aliphatic rings. The Kier molecular flexibility index (Phi) is 5.28. The van der Waals surface area contributed by atoms with Crippen LogP contribution in [0.1, 0.15) is 17.8 Å². The van der Waals surface area contributed by atoms with Gasteiger partial charge in [-0.2, -0.15) is 0 Å². The lowest BCUT2D eigenvalue weighted by Gasteiger charge is -2.10. The number of hydrogen-bond donors (Lipinski definition) is 2. The Morgan fingerprint density at radius 3 is 2.72 bits per heavy atom. The zero-order chi connectivity index (χ0) is 17.6. The maximum atomic E-state index is 13.5. The highest BCUT2D eigenvalue weighted by molar-refractivity contribution is 5.76. The van der Waals surface area contributed by atoms with Crippen molar-refractivity contribution in [2.24, 2.45) is 0 Å². The van der Waals surface area contributed by atoms with Crippen molar-refractivity contribution in [2.45, 2.75) is 26.4 Å². The van der Waals surface area contributed by atoms with E-state index >= 15 is 0 Å². The van der Waals surface area contributed by atoms with Gasteiger partial charge in [0.2, 0.25) is 0 Å². The molecule has 130 valence electrons. The van der Waals surface area contributed by atoms with Crippen LogP contribution in [0.2, 0.25) is 0 Å². The number of nitrogens with one attached hydrogen (secondary N) is 2. The first-order chi connectivity index (χ1) is 12.1. The average molecular weight is 340 g/mol. The average Bonchev–Trinajstić information content (AvgIpc) is 2.93. The largest absolute Gasteiger partial charge is 0.338 e. The molecule has 2 N–H and O–H groups in total. The van der Waals surface area contributed by atoms with Crippen LogP contribution in [0.4, 0.5) is 9.18 Å². The second kappa shape index (κ2) is 7.79. The molecule has 6 heteroatoms. The molecule has 3 aromatic rings. The van der Waals surface area contributed by atoms with E-state index in [4.69, 9.17) is 0 Å². The Morgan fingerprint density at radius 2 is 1.88 bits per heavy atom. The first-order valence-corrected chi connectivity index (χ1v) is 8.32. The molecule has 25 heavy (non-hydrogen) atoms. The number of fused-ring (bicyclic) bond motifs is 1. The molecular weight excluding hydrogens is 319 g/mol. The fraction of sp³-hybridized carbons (Fsp3) is 0.263. The number of aryl methyl sites for hydroxylation is 2. The third kappa shape index (κ3) is 4.15. The summed E-state index contributed by atoms with van der Waals surface area (Å²) in [5.41, 5.74) is 2.55. The second-order valence-electron chi connectivity index (χ2n) is 5.85. The molecule has 0 saturated carbocycles. The van der Waals surface area contributed by atoms with Crippen LogP contribution in [0.25, 0.3) is 11.0 Å². The Morgan fingerprint density at radius 1 is 1.12 bits per heavy atom. The van der Waals surface area contributed by atoms with Crippen LogP contribution < -0.4 is 10.6 Å². The molecule has 5 nitrogen and oxygen atoms in total. The van der Waals surface area contributed by atoms with E-state index < -0.39 is 0 Å². The molecule has 0 radical (unpaired) electrons. The molecule has 0 aliphatic heterocycles. The van der Waals surface area contributed by atoms with Gasteiger partial charge in [-0.1, -0.05) is 30.3 Å². The summed E-state index contributed by atoms with van der Waals surface area (Å²) in [6.07, 6.45) is 0.786. The standard InChI is InChI=1S/C19H21FN4O/c1-14-23-17-9-4-5-10-18(17)24(14)12-6-11-21-19(25)22-13-15-7-2-3-8-16(15)20/h2-5,7-10H,6,11-13H2,1H3,(H2,21,22,25).